The van der Waals surface area contributed by atoms with Gasteiger partial charge in [-0.1, -0.05) is 0 Å². The highest BCUT2D eigenvalue weighted by atomic mass is 32.1. The van der Waals surface area contributed by atoms with Crippen LogP contribution in [0.5, 0.6) is 0 Å². The van der Waals surface area contributed by atoms with Crippen molar-refractivity contribution in [3.8, 4) is 17.2 Å². The molecule has 1 aromatic carbocycles. The molecule has 96 valence electrons. The van der Waals surface area contributed by atoms with Crippen molar-refractivity contribution in [1.29, 1.82) is 5.26 Å². The second-order valence-corrected chi connectivity index (χ2v) is 4.83. The molecule has 1 aromatic heterocycles. The van der Waals surface area contributed by atoms with E-state index < -0.39 is 11.8 Å². The first-order valence-electron chi connectivity index (χ1n) is 5.44. The maximum Gasteiger partial charge on any atom is 0.348 e. The number of nitrogens with zero attached hydrogens (tertiary/aromatic N) is 1. The van der Waals surface area contributed by atoms with Crippen molar-refractivity contribution in [2.75, 3.05) is 7.11 Å². The Labute approximate surface area is 113 Å². The summed E-state index contributed by atoms with van der Waals surface area (Å²) < 4.78 is 18.2. The summed E-state index contributed by atoms with van der Waals surface area (Å²) in [6.07, 6.45) is 0. The molecule has 2 rings (SSSR count). The molecule has 0 unspecified atom stereocenters. The van der Waals surface area contributed by atoms with Crippen LogP contribution in [0.4, 0.5) is 4.39 Å². The molecule has 2 aromatic rings. The van der Waals surface area contributed by atoms with Gasteiger partial charge >= 0.3 is 5.97 Å². The van der Waals surface area contributed by atoms with Crippen LogP contribution >= 0.6 is 11.3 Å². The second-order valence-electron chi connectivity index (χ2n) is 3.95. The van der Waals surface area contributed by atoms with Crippen LogP contribution in [0.3, 0.4) is 0 Å². The van der Waals surface area contributed by atoms with Crippen LogP contribution in [-0.2, 0) is 4.74 Å². The van der Waals surface area contributed by atoms with Crippen molar-refractivity contribution >= 4 is 17.3 Å². The number of halogens is 1. The standard InChI is InChI=1S/C14H10FNO2S/c1-8-7-19-13(14(17)18-2)12(8)10-3-9(6-16)4-11(15)5-10/h3-5,7H,1-2H3. The number of thiophene rings is 1. The molecule has 0 N–H and O–H groups in total. The lowest BCUT2D eigenvalue weighted by Gasteiger charge is -2.05. The number of ether oxygens (including phenoxy) is 1. The third-order valence-corrected chi connectivity index (χ3v) is 3.74. The van der Waals surface area contributed by atoms with Gasteiger partial charge < -0.3 is 4.74 Å². The number of carbonyl (C=O) groups excluding carboxylic acids is 1. The number of aryl methyl sites for hydroxylation is 1. The predicted molar refractivity (Wildman–Crippen MR) is 70.5 cm³/mol. The van der Waals surface area contributed by atoms with Gasteiger partial charge in [0.05, 0.1) is 18.7 Å². The molecule has 0 atom stereocenters. The minimum Gasteiger partial charge on any atom is -0.465 e. The zero-order valence-corrected chi connectivity index (χ0v) is 11.2. The van der Waals surface area contributed by atoms with Crippen molar-refractivity contribution in [3.05, 3.63) is 45.4 Å². The number of hydrogen-bond donors (Lipinski definition) is 0. The Kier molecular flexibility index (Phi) is 3.63. The summed E-state index contributed by atoms with van der Waals surface area (Å²) in [5.41, 5.74) is 2.19. The topological polar surface area (TPSA) is 50.1 Å². The SMILES string of the molecule is COC(=O)c1scc(C)c1-c1cc(F)cc(C#N)c1. The summed E-state index contributed by atoms with van der Waals surface area (Å²) in [7, 11) is 1.30. The van der Waals surface area contributed by atoms with Crippen molar-refractivity contribution in [2.24, 2.45) is 0 Å². The molecule has 0 aliphatic carbocycles. The molecule has 0 saturated heterocycles. The van der Waals surface area contributed by atoms with E-state index in [2.05, 4.69) is 0 Å². The average Bonchev–Trinajstić information content (AvgIpc) is 2.79. The maximum atomic E-state index is 13.5. The lowest BCUT2D eigenvalue weighted by Crippen LogP contribution is -2.00. The normalized spacial score (nSPS) is 10.0. The molecular formula is C14H10FNO2S. The van der Waals surface area contributed by atoms with Gasteiger partial charge in [-0.3, -0.25) is 0 Å². The van der Waals surface area contributed by atoms with Gasteiger partial charge in [-0.2, -0.15) is 5.26 Å². The number of benzene rings is 1. The average molecular weight is 275 g/mol. The number of rotatable bonds is 2. The summed E-state index contributed by atoms with van der Waals surface area (Å²) in [6, 6.07) is 5.92. The molecular weight excluding hydrogens is 265 g/mol. The first-order valence-corrected chi connectivity index (χ1v) is 6.32. The molecule has 3 nitrogen and oxygen atoms in total. The number of carbonyl (C=O) groups is 1. The van der Waals surface area contributed by atoms with Crippen LogP contribution in [-0.4, -0.2) is 13.1 Å². The molecule has 1 heterocycles. The third-order valence-electron chi connectivity index (χ3n) is 2.66. The van der Waals surface area contributed by atoms with Crippen molar-refractivity contribution in [1.82, 2.24) is 0 Å². The predicted octanol–water partition coefficient (Wildman–Crippen LogP) is 3.52. The summed E-state index contributed by atoms with van der Waals surface area (Å²) in [5.74, 6) is -0.966. The Morgan fingerprint density at radius 1 is 1.42 bits per heavy atom. The van der Waals surface area contributed by atoms with Gasteiger partial charge in [0.15, 0.2) is 0 Å². The van der Waals surface area contributed by atoms with E-state index >= 15 is 0 Å². The van der Waals surface area contributed by atoms with Gasteiger partial charge in [-0.25, -0.2) is 9.18 Å². The largest absolute Gasteiger partial charge is 0.465 e. The van der Waals surface area contributed by atoms with E-state index in [-0.39, 0.29) is 5.56 Å². The fourth-order valence-corrected chi connectivity index (χ4v) is 2.83. The van der Waals surface area contributed by atoms with Crippen molar-refractivity contribution in [3.63, 3.8) is 0 Å². The molecule has 0 spiro atoms. The number of methoxy groups -OCH3 is 1. The molecule has 0 saturated carbocycles. The van der Waals surface area contributed by atoms with E-state index in [0.29, 0.717) is 16.0 Å². The van der Waals surface area contributed by atoms with Crippen LogP contribution in [0.15, 0.2) is 23.6 Å². The van der Waals surface area contributed by atoms with E-state index in [1.165, 1.54) is 24.5 Å². The highest BCUT2D eigenvalue weighted by molar-refractivity contribution is 7.12. The quantitative estimate of drug-likeness (QED) is 0.788. The van der Waals surface area contributed by atoms with E-state index in [4.69, 9.17) is 10.00 Å². The minimum atomic E-state index is -0.504. The minimum absolute atomic E-state index is 0.219. The fourth-order valence-electron chi connectivity index (χ4n) is 1.84. The molecule has 0 radical (unpaired) electrons. The highest BCUT2D eigenvalue weighted by Gasteiger charge is 2.19. The third kappa shape index (κ3) is 2.49. The van der Waals surface area contributed by atoms with Gasteiger partial charge in [-0.15, -0.1) is 11.3 Å². The number of esters is 1. The molecule has 0 bridgehead atoms. The van der Waals surface area contributed by atoms with E-state index in [9.17, 15) is 9.18 Å². The summed E-state index contributed by atoms with van der Waals surface area (Å²) in [6.45, 7) is 1.83. The zero-order valence-electron chi connectivity index (χ0n) is 10.4. The van der Waals surface area contributed by atoms with Gasteiger partial charge in [0, 0.05) is 5.56 Å². The monoisotopic (exact) mass is 275 g/mol. The van der Waals surface area contributed by atoms with E-state index in [1.54, 1.807) is 11.4 Å². The fraction of sp³-hybridized carbons (Fsp3) is 0.143. The summed E-state index contributed by atoms with van der Waals surface area (Å²) in [4.78, 5) is 12.1. The highest BCUT2D eigenvalue weighted by Crippen LogP contribution is 2.33. The molecule has 19 heavy (non-hydrogen) atoms. The van der Waals surface area contributed by atoms with Crippen LogP contribution in [0, 0.1) is 24.1 Å². The first-order chi connectivity index (χ1) is 9.06. The molecule has 5 heteroatoms. The van der Waals surface area contributed by atoms with Crippen LogP contribution < -0.4 is 0 Å². The lowest BCUT2D eigenvalue weighted by molar-refractivity contribution is 0.0607. The summed E-state index contributed by atoms with van der Waals surface area (Å²) >= 11 is 1.24. The maximum absolute atomic E-state index is 13.5. The summed E-state index contributed by atoms with van der Waals surface area (Å²) in [5, 5.41) is 10.7. The molecule has 0 aliphatic rings. The van der Waals surface area contributed by atoms with Gasteiger partial charge in [-0.05, 0) is 41.6 Å². The van der Waals surface area contributed by atoms with Crippen LogP contribution in [0.1, 0.15) is 20.8 Å². The second kappa shape index (κ2) is 5.21. The van der Waals surface area contributed by atoms with Gasteiger partial charge in [0.2, 0.25) is 0 Å². The van der Waals surface area contributed by atoms with Crippen LogP contribution in [0.25, 0.3) is 11.1 Å². The van der Waals surface area contributed by atoms with Crippen molar-refractivity contribution in [2.45, 2.75) is 6.92 Å². The van der Waals surface area contributed by atoms with E-state index in [1.807, 2.05) is 13.0 Å². The molecule has 0 amide bonds. The van der Waals surface area contributed by atoms with Gasteiger partial charge in [0.25, 0.3) is 0 Å². The number of hydrogen-bond acceptors (Lipinski definition) is 4. The smallest absolute Gasteiger partial charge is 0.348 e. The number of nitriles is 1. The Hall–Kier alpha value is -2.19. The van der Waals surface area contributed by atoms with Gasteiger partial charge in [0.1, 0.15) is 10.7 Å². The Morgan fingerprint density at radius 2 is 2.16 bits per heavy atom. The Balaban J connectivity index is 2.65. The van der Waals surface area contributed by atoms with Crippen molar-refractivity contribution < 1.29 is 13.9 Å². The molecule has 0 aliphatic heterocycles. The Morgan fingerprint density at radius 3 is 2.79 bits per heavy atom. The lowest BCUT2D eigenvalue weighted by atomic mass is 10.0. The molecule has 0 fully saturated rings. The van der Waals surface area contributed by atoms with E-state index in [0.717, 1.165) is 11.6 Å². The van der Waals surface area contributed by atoms with Crippen LogP contribution in [0.2, 0.25) is 0 Å². The first kappa shape index (κ1) is 13.2. The zero-order chi connectivity index (χ0) is 14.0. The Bertz CT molecular complexity index is 685.